The zero-order valence-electron chi connectivity index (χ0n) is 11.8. The summed E-state index contributed by atoms with van der Waals surface area (Å²) in [5.74, 6) is 0.492. The Labute approximate surface area is 133 Å². The number of halogens is 1. The quantitative estimate of drug-likeness (QED) is 0.812. The average molecular weight is 372 g/mol. The fourth-order valence-electron chi connectivity index (χ4n) is 1.83. The summed E-state index contributed by atoms with van der Waals surface area (Å²) in [5.41, 5.74) is 1.10. The van der Waals surface area contributed by atoms with E-state index in [2.05, 4.69) is 25.8 Å². The van der Waals surface area contributed by atoms with Gasteiger partial charge in [0.25, 0.3) is 0 Å². The van der Waals surface area contributed by atoms with Gasteiger partial charge in [0.1, 0.15) is 0 Å². The Bertz CT molecular complexity index is 680. The second kappa shape index (κ2) is 7.09. The summed E-state index contributed by atoms with van der Waals surface area (Å²) in [4.78, 5) is 0. The summed E-state index contributed by atoms with van der Waals surface area (Å²) in [5, 5.41) is 4.24. The topological polar surface area (TPSA) is 64.0 Å². The monoisotopic (exact) mass is 371 g/mol. The van der Waals surface area contributed by atoms with Crippen molar-refractivity contribution in [2.45, 2.75) is 26.3 Å². The van der Waals surface area contributed by atoms with E-state index in [1.807, 2.05) is 31.2 Å². The molecule has 1 N–H and O–H groups in total. The van der Waals surface area contributed by atoms with Crippen molar-refractivity contribution in [1.82, 2.24) is 9.78 Å². The van der Waals surface area contributed by atoms with E-state index in [1.165, 1.54) is 0 Å². The van der Waals surface area contributed by atoms with E-state index < -0.39 is 10.0 Å². The molecule has 0 spiro atoms. The number of nitrogens with one attached hydrogen (secondary N) is 1. The van der Waals surface area contributed by atoms with E-state index in [0.717, 1.165) is 16.5 Å². The van der Waals surface area contributed by atoms with E-state index >= 15 is 0 Å². The molecule has 2 aromatic rings. The molecular formula is C14H18BrN3O2S. The maximum absolute atomic E-state index is 11.8. The van der Waals surface area contributed by atoms with Crippen molar-refractivity contribution in [3.05, 3.63) is 46.6 Å². The van der Waals surface area contributed by atoms with Crippen LogP contribution in [-0.4, -0.2) is 24.0 Å². The van der Waals surface area contributed by atoms with E-state index in [1.54, 1.807) is 16.9 Å². The van der Waals surface area contributed by atoms with Gasteiger partial charge in [0, 0.05) is 16.7 Å². The van der Waals surface area contributed by atoms with Crippen LogP contribution in [0.4, 0.5) is 5.82 Å². The number of hydrogen-bond acceptors (Lipinski definition) is 3. The summed E-state index contributed by atoms with van der Waals surface area (Å²) in [6, 6.07) is 9.59. The number of hydrogen-bond donors (Lipinski definition) is 1. The van der Waals surface area contributed by atoms with Gasteiger partial charge in [0.15, 0.2) is 5.82 Å². The second-order valence-corrected chi connectivity index (χ2v) is 7.56. The number of unbranched alkanes of at least 4 members (excludes halogenated alkanes) is 1. The van der Waals surface area contributed by atoms with E-state index in [-0.39, 0.29) is 5.75 Å². The van der Waals surface area contributed by atoms with Crippen molar-refractivity contribution in [3.63, 3.8) is 0 Å². The van der Waals surface area contributed by atoms with Crippen LogP contribution in [0.2, 0.25) is 0 Å². The van der Waals surface area contributed by atoms with Crippen LogP contribution >= 0.6 is 15.9 Å². The standard InChI is InChI=1S/C14H18BrN3O2S/c1-2-3-10-21(19,20)17-14-8-9-18(16-14)11-12-4-6-13(15)7-5-12/h4-9H,2-3,10-11H2,1H3,(H,16,17). The number of nitrogens with zero attached hydrogens (tertiary/aromatic N) is 2. The third-order valence-corrected chi connectivity index (χ3v) is 4.80. The van der Waals surface area contributed by atoms with E-state index in [4.69, 9.17) is 0 Å². The van der Waals surface area contributed by atoms with Gasteiger partial charge >= 0.3 is 0 Å². The minimum Gasteiger partial charge on any atom is -0.266 e. The molecule has 0 aliphatic rings. The molecular weight excluding hydrogens is 354 g/mol. The molecule has 1 aromatic heterocycles. The first kappa shape index (κ1) is 16.0. The lowest BCUT2D eigenvalue weighted by Crippen LogP contribution is -2.17. The first-order valence-electron chi connectivity index (χ1n) is 6.77. The SMILES string of the molecule is CCCCS(=O)(=O)Nc1ccn(Cc2ccc(Br)cc2)n1. The third kappa shape index (κ3) is 5.17. The van der Waals surface area contributed by atoms with Crippen molar-refractivity contribution in [2.24, 2.45) is 0 Å². The normalized spacial score (nSPS) is 11.5. The van der Waals surface area contributed by atoms with Crippen molar-refractivity contribution in [1.29, 1.82) is 0 Å². The number of aromatic nitrogens is 2. The zero-order chi connectivity index (χ0) is 15.3. The molecule has 7 heteroatoms. The largest absolute Gasteiger partial charge is 0.266 e. The molecule has 114 valence electrons. The lowest BCUT2D eigenvalue weighted by atomic mass is 10.2. The van der Waals surface area contributed by atoms with Crippen LogP contribution in [0.3, 0.4) is 0 Å². The van der Waals surface area contributed by atoms with Crippen molar-refractivity contribution in [3.8, 4) is 0 Å². The van der Waals surface area contributed by atoms with Crippen molar-refractivity contribution in [2.75, 3.05) is 10.5 Å². The average Bonchev–Trinajstić information content (AvgIpc) is 2.85. The van der Waals surface area contributed by atoms with Gasteiger partial charge < -0.3 is 0 Å². The number of sulfonamides is 1. The summed E-state index contributed by atoms with van der Waals surface area (Å²) >= 11 is 3.39. The van der Waals surface area contributed by atoms with Gasteiger partial charge in [-0.05, 0) is 24.1 Å². The molecule has 0 fully saturated rings. The molecule has 5 nitrogen and oxygen atoms in total. The molecule has 0 saturated heterocycles. The number of benzene rings is 1. The molecule has 2 rings (SSSR count). The van der Waals surface area contributed by atoms with Crippen LogP contribution in [0.5, 0.6) is 0 Å². The lowest BCUT2D eigenvalue weighted by molar-refractivity contribution is 0.597. The van der Waals surface area contributed by atoms with Crippen LogP contribution < -0.4 is 4.72 Å². The van der Waals surface area contributed by atoms with Gasteiger partial charge in [-0.3, -0.25) is 9.40 Å². The highest BCUT2D eigenvalue weighted by Crippen LogP contribution is 2.13. The van der Waals surface area contributed by atoms with Crippen LogP contribution in [-0.2, 0) is 16.6 Å². The first-order valence-corrected chi connectivity index (χ1v) is 9.21. The first-order chi connectivity index (χ1) is 9.98. The lowest BCUT2D eigenvalue weighted by Gasteiger charge is -2.05. The molecule has 21 heavy (non-hydrogen) atoms. The maximum Gasteiger partial charge on any atom is 0.233 e. The van der Waals surface area contributed by atoms with Gasteiger partial charge in [-0.25, -0.2) is 8.42 Å². The molecule has 1 heterocycles. The highest BCUT2D eigenvalue weighted by molar-refractivity contribution is 9.10. The molecule has 0 bridgehead atoms. The Balaban J connectivity index is 1.99. The summed E-state index contributed by atoms with van der Waals surface area (Å²) in [6.45, 7) is 2.56. The van der Waals surface area contributed by atoms with Gasteiger partial charge in [-0.1, -0.05) is 41.4 Å². The maximum atomic E-state index is 11.8. The molecule has 0 unspecified atom stereocenters. The predicted octanol–water partition coefficient (Wildman–Crippen LogP) is 3.24. The van der Waals surface area contributed by atoms with E-state index in [0.29, 0.717) is 18.8 Å². The Morgan fingerprint density at radius 1 is 1.24 bits per heavy atom. The summed E-state index contributed by atoms with van der Waals surface area (Å²) < 4.78 is 28.8. The molecule has 0 aliphatic carbocycles. The predicted molar refractivity (Wildman–Crippen MR) is 87.8 cm³/mol. The molecule has 0 saturated carbocycles. The third-order valence-electron chi connectivity index (χ3n) is 2.93. The fourth-order valence-corrected chi connectivity index (χ4v) is 3.29. The number of anilines is 1. The molecule has 0 radical (unpaired) electrons. The smallest absolute Gasteiger partial charge is 0.233 e. The van der Waals surface area contributed by atoms with Crippen molar-refractivity contribution < 1.29 is 8.42 Å². The molecule has 0 amide bonds. The molecule has 0 aliphatic heterocycles. The zero-order valence-corrected chi connectivity index (χ0v) is 14.2. The Hall–Kier alpha value is -1.34. The van der Waals surface area contributed by atoms with Gasteiger partial charge in [0.2, 0.25) is 10.0 Å². The second-order valence-electron chi connectivity index (χ2n) is 4.80. The summed E-state index contributed by atoms with van der Waals surface area (Å²) in [6.07, 6.45) is 3.26. The van der Waals surface area contributed by atoms with Gasteiger partial charge in [0.05, 0.1) is 12.3 Å². The minimum atomic E-state index is -3.29. The Morgan fingerprint density at radius 3 is 2.62 bits per heavy atom. The van der Waals surface area contributed by atoms with Gasteiger partial charge in [-0.2, -0.15) is 5.10 Å². The van der Waals surface area contributed by atoms with Gasteiger partial charge in [-0.15, -0.1) is 0 Å². The molecule has 0 atom stereocenters. The van der Waals surface area contributed by atoms with E-state index in [9.17, 15) is 8.42 Å². The Morgan fingerprint density at radius 2 is 1.95 bits per heavy atom. The van der Waals surface area contributed by atoms with Crippen LogP contribution in [0, 0.1) is 0 Å². The van der Waals surface area contributed by atoms with Crippen LogP contribution in [0.25, 0.3) is 0 Å². The minimum absolute atomic E-state index is 0.128. The Kier molecular flexibility index (Phi) is 5.41. The van der Waals surface area contributed by atoms with Crippen LogP contribution in [0.1, 0.15) is 25.3 Å². The van der Waals surface area contributed by atoms with Crippen LogP contribution in [0.15, 0.2) is 41.0 Å². The summed E-state index contributed by atoms with van der Waals surface area (Å²) in [7, 11) is -3.29. The molecule has 1 aromatic carbocycles. The number of rotatable bonds is 7. The highest BCUT2D eigenvalue weighted by Gasteiger charge is 2.11. The highest BCUT2D eigenvalue weighted by atomic mass is 79.9. The van der Waals surface area contributed by atoms with Crippen molar-refractivity contribution >= 4 is 31.8 Å². The fraction of sp³-hybridized carbons (Fsp3) is 0.357.